The van der Waals surface area contributed by atoms with Gasteiger partial charge in [-0.2, -0.15) is 0 Å². The van der Waals surface area contributed by atoms with E-state index in [1.54, 1.807) is 6.07 Å². The van der Waals surface area contributed by atoms with Crippen molar-refractivity contribution in [3.63, 3.8) is 0 Å². The number of nitrogens with one attached hydrogen (secondary N) is 1. The van der Waals surface area contributed by atoms with Crippen LogP contribution < -0.4 is 11.1 Å². The van der Waals surface area contributed by atoms with E-state index in [1.807, 2.05) is 12.1 Å². The molecule has 3 nitrogen and oxygen atoms in total. The standard InChI is InChI=1S/C12H14N2O/c13-8-2-3-10-9(6-8)11(15)14-7-12(10)4-1-5-12/h2-3,6H,1,4-5,7,13H2,(H,14,15). The van der Waals surface area contributed by atoms with Crippen molar-refractivity contribution in [2.45, 2.75) is 24.7 Å². The van der Waals surface area contributed by atoms with Crippen molar-refractivity contribution in [1.82, 2.24) is 5.32 Å². The van der Waals surface area contributed by atoms with Crippen molar-refractivity contribution in [2.75, 3.05) is 12.3 Å². The summed E-state index contributed by atoms with van der Waals surface area (Å²) in [6.07, 6.45) is 3.63. The first-order chi connectivity index (χ1) is 7.21. The fourth-order valence-corrected chi connectivity index (χ4v) is 2.70. The van der Waals surface area contributed by atoms with E-state index in [0.717, 1.165) is 12.1 Å². The lowest BCUT2D eigenvalue weighted by Gasteiger charge is -2.46. The molecule has 3 heteroatoms. The number of hydrogen-bond donors (Lipinski definition) is 2. The van der Waals surface area contributed by atoms with E-state index in [9.17, 15) is 4.79 Å². The summed E-state index contributed by atoms with van der Waals surface area (Å²) >= 11 is 0. The van der Waals surface area contributed by atoms with Crippen LogP contribution in [-0.4, -0.2) is 12.5 Å². The zero-order chi connectivity index (χ0) is 10.5. The lowest BCUT2D eigenvalue weighted by Crippen LogP contribution is -2.50. The predicted molar refractivity (Wildman–Crippen MR) is 58.7 cm³/mol. The fourth-order valence-electron chi connectivity index (χ4n) is 2.70. The molecular formula is C12H14N2O. The minimum atomic E-state index is 0.0230. The molecule has 1 fully saturated rings. The summed E-state index contributed by atoms with van der Waals surface area (Å²) in [4.78, 5) is 11.7. The molecule has 1 amide bonds. The topological polar surface area (TPSA) is 55.1 Å². The second kappa shape index (κ2) is 2.75. The van der Waals surface area contributed by atoms with Crippen molar-refractivity contribution in [1.29, 1.82) is 0 Å². The van der Waals surface area contributed by atoms with Crippen molar-refractivity contribution in [2.24, 2.45) is 0 Å². The molecule has 1 heterocycles. The molecule has 15 heavy (non-hydrogen) atoms. The van der Waals surface area contributed by atoms with Gasteiger partial charge < -0.3 is 11.1 Å². The van der Waals surface area contributed by atoms with Crippen LogP contribution in [0.5, 0.6) is 0 Å². The fraction of sp³-hybridized carbons (Fsp3) is 0.417. The van der Waals surface area contributed by atoms with Gasteiger partial charge in [-0.3, -0.25) is 4.79 Å². The van der Waals surface area contributed by atoms with E-state index in [-0.39, 0.29) is 11.3 Å². The molecule has 0 atom stereocenters. The smallest absolute Gasteiger partial charge is 0.251 e. The first kappa shape index (κ1) is 8.77. The maximum atomic E-state index is 11.7. The molecule has 0 aromatic heterocycles. The van der Waals surface area contributed by atoms with Gasteiger partial charge in [0.15, 0.2) is 0 Å². The van der Waals surface area contributed by atoms with Gasteiger partial charge in [0.05, 0.1) is 0 Å². The van der Waals surface area contributed by atoms with E-state index in [1.165, 1.54) is 24.8 Å². The van der Waals surface area contributed by atoms with Gasteiger partial charge in [-0.25, -0.2) is 0 Å². The number of benzene rings is 1. The lowest BCUT2D eigenvalue weighted by molar-refractivity contribution is 0.0896. The molecule has 1 aromatic carbocycles. The summed E-state index contributed by atoms with van der Waals surface area (Å²) in [6, 6.07) is 5.73. The zero-order valence-electron chi connectivity index (χ0n) is 8.55. The first-order valence-electron chi connectivity index (χ1n) is 5.40. The largest absolute Gasteiger partial charge is 0.399 e. The normalized spacial score (nSPS) is 21.7. The summed E-state index contributed by atoms with van der Waals surface area (Å²) in [7, 11) is 0. The number of carbonyl (C=O) groups excluding carboxylic acids is 1. The minimum Gasteiger partial charge on any atom is -0.399 e. The minimum absolute atomic E-state index is 0.0230. The quantitative estimate of drug-likeness (QED) is 0.625. The molecule has 1 aliphatic heterocycles. The molecule has 3 N–H and O–H groups in total. The highest BCUT2D eigenvalue weighted by Crippen LogP contribution is 2.46. The molecule has 1 saturated carbocycles. The van der Waals surface area contributed by atoms with Gasteiger partial charge >= 0.3 is 0 Å². The molecule has 0 bridgehead atoms. The van der Waals surface area contributed by atoms with E-state index in [2.05, 4.69) is 5.32 Å². The average molecular weight is 202 g/mol. The Morgan fingerprint density at radius 2 is 2.13 bits per heavy atom. The Balaban J connectivity index is 2.17. The monoisotopic (exact) mass is 202 g/mol. The highest BCUT2D eigenvalue weighted by Gasteiger charge is 2.43. The summed E-state index contributed by atoms with van der Waals surface area (Å²) in [5, 5.41) is 2.96. The van der Waals surface area contributed by atoms with E-state index in [0.29, 0.717) is 5.69 Å². The van der Waals surface area contributed by atoms with Gasteiger partial charge in [0.2, 0.25) is 0 Å². The van der Waals surface area contributed by atoms with E-state index < -0.39 is 0 Å². The third kappa shape index (κ3) is 1.09. The first-order valence-corrected chi connectivity index (χ1v) is 5.40. The Hall–Kier alpha value is -1.51. The highest BCUT2D eigenvalue weighted by atomic mass is 16.1. The van der Waals surface area contributed by atoms with Gasteiger partial charge in [-0.1, -0.05) is 12.5 Å². The third-order valence-corrected chi connectivity index (χ3v) is 3.76. The number of carbonyl (C=O) groups is 1. The van der Waals surface area contributed by atoms with Crippen LogP contribution in [0.3, 0.4) is 0 Å². The summed E-state index contributed by atoms with van der Waals surface area (Å²) in [5.41, 5.74) is 8.58. The SMILES string of the molecule is Nc1ccc2c(c1)C(=O)NCC21CCC1. The van der Waals surface area contributed by atoms with Crippen molar-refractivity contribution in [3.05, 3.63) is 29.3 Å². The molecule has 78 valence electrons. The van der Waals surface area contributed by atoms with Crippen LogP contribution in [0.2, 0.25) is 0 Å². The van der Waals surface area contributed by atoms with Crippen molar-refractivity contribution in [3.8, 4) is 0 Å². The summed E-state index contributed by atoms with van der Waals surface area (Å²) in [6.45, 7) is 0.794. The zero-order valence-corrected chi connectivity index (χ0v) is 8.55. The Kier molecular flexibility index (Phi) is 1.61. The van der Waals surface area contributed by atoms with Gasteiger partial charge in [0.25, 0.3) is 5.91 Å². The van der Waals surface area contributed by atoms with E-state index in [4.69, 9.17) is 5.73 Å². The number of amides is 1. The molecule has 1 aromatic rings. The lowest BCUT2D eigenvalue weighted by atomic mass is 9.62. The second-order valence-corrected chi connectivity index (χ2v) is 4.62. The molecular weight excluding hydrogens is 188 g/mol. The van der Waals surface area contributed by atoms with Crippen LogP contribution in [-0.2, 0) is 5.41 Å². The van der Waals surface area contributed by atoms with Crippen molar-refractivity contribution < 1.29 is 4.79 Å². The molecule has 2 aliphatic rings. The van der Waals surface area contributed by atoms with Crippen LogP contribution in [0, 0.1) is 0 Å². The van der Waals surface area contributed by atoms with Crippen LogP contribution in [0.15, 0.2) is 18.2 Å². The van der Waals surface area contributed by atoms with Gasteiger partial charge in [0.1, 0.15) is 0 Å². The summed E-state index contributed by atoms with van der Waals surface area (Å²) < 4.78 is 0. The Morgan fingerprint density at radius 1 is 1.33 bits per heavy atom. The van der Waals surface area contributed by atoms with Gasteiger partial charge in [-0.15, -0.1) is 0 Å². The number of nitrogens with two attached hydrogens (primary N) is 1. The Bertz CT molecular complexity index is 435. The summed E-state index contributed by atoms with van der Waals surface area (Å²) in [5.74, 6) is 0.0230. The Morgan fingerprint density at radius 3 is 2.80 bits per heavy atom. The maximum absolute atomic E-state index is 11.7. The molecule has 3 rings (SSSR count). The number of fused-ring (bicyclic) bond motifs is 2. The Labute approximate surface area is 88.7 Å². The van der Waals surface area contributed by atoms with Crippen LogP contribution >= 0.6 is 0 Å². The molecule has 0 unspecified atom stereocenters. The van der Waals surface area contributed by atoms with Crippen LogP contribution in [0.25, 0.3) is 0 Å². The second-order valence-electron chi connectivity index (χ2n) is 4.62. The van der Waals surface area contributed by atoms with Crippen LogP contribution in [0.4, 0.5) is 5.69 Å². The van der Waals surface area contributed by atoms with Gasteiger partial charge in [-0.05, 0) is 30.5 Å². The van der Waals surface area contributed by atoms with Crippen LogP contribution in [0.1, 0.15) is 35.2 Å². The van der Waals surface area contributed by atoms with Crippen molar-refractivity contribution >= 4 is 11.6 Å². The van der Waals surface area contributed by atoms with E-state index >= 15 is 0 Å². The highest BCUT2D eigenvalue weighted by molar-refractivity contribution is 5.98. The third-order valence-electron chi connectivity index (χ3n) is 3.76. The number of anilines is 1. The predicted octanol–water partition coefficient (Wildman–Crippen LogP) is 1.43. The van der Waals surface area contributed by atoms with Gasteiger partial charge in [0, 0.05) is 23.2 Å². The molecule has 0 saturated heterocycles. The molecule has 1 aliphatic carbocycles. The molecule has 0 radical (unpaired) electrons. The molecule has 1 spiro atoms. The number of hydrogen-bond acceptors (Lipinski definition) is 2. The number of rotatable bonds is 0. The maximum Gasteiger partial charge on any atom is 0.251 e. The number of nitrogen functional groups attached to an aromatic ring is 1. The average Bonchev–Trinajstić information content (AvgIpc) is 2.17.